The van der Waals surface area contributed by atoms with E-state index >= 15 is 0 Å². The van der Waals surface area contributed by atoms with Crippen LogP contribution in [-0.4, -0.2) is 55.7 Å². The molecule has 0 radical (unpaired) electrons. The Kier molecular flexibility index (Phi) is 5.42. The van der Waals surface area contributed by atoms with Crippen LogP contribution in [0.5, 0.6) is 0 Å². The minimum absolute atomic E-state index is 0.00804. The van der Waals surface area contributed by atoms with E-state index in [4.69, 9.17) is 14.2 Å². The van der Waals surface area contributed by atoms with Gasteiger partial charge in [0.1, 0.15) is 0 Å². The third kappa shape index (κ3) is 4.10. The Bertz CT molecular complexity index is 523. The third-order valence-electron chi connectivity index (χ3n) is 7.94. The molecule has 156 valence electrons. The zero-order chi connectivity index (χ0) is 19.4. The molecule has 0 N–H and O–H groups in total. The second-order valence-electron chi connectivity index (χ2n) is 11.7. The van der Waals surface area contributed by atoms with Crippen molar-refractivity contribution in [1.82, 2.24) is 4.90 Å². The van der Waals surface area contributed by atoms with E-state index in [-0.39, 0.29) is 17.9 Å². The van der Waals surface area contributed by atoms with Crippen molar-refractivity contribution in [3.05, 3.63) is 0 Å². The van der Waals surface area contributed by atoms with Crippen LogP contribution < -0.4 is 0 Å². The maximum absolute atomic E-state index is 6.78. The third-order valence-corrected chi connectivity index (χ3v) is 7.94. The molecule has 0 aromatic carbocycles. The lowest BCUT2D eigenvalue weighted by atomic mass is 9.66. The van der Waals surface area contributed by atoms with Gasteiger partial charge in [-0.25, -0.2) is 0 Å². The fourth-order valence-corrected chi connectivity index (χ4v) is 5.87. The summed E-state index contributed by atoms with van der Waals surface area (Å²) < 4.78 is 18.9. The van der Waals surface area contributed by atoms with Crippen LogP contribution in [0, 0.1) is 35.0 Å². The van der Waals surface area contributed by atoms with E-state index in [1.807, 2.05) is 0 Å². The summed E-state index contributed by atoms with van der Waals surface area (Å²) in [6.07, 6.45) is 4.15. The highest BCUT2D eigenvalue weighted by Gasteiger charge is 2.49. The lowest BCUT2D eigenvalue weighted by Crippen LogP contribution is -2.57. The van der Waals surface area contributed by atoms with Crippen molar-refractivity contribution in [1.29, 1.82) is 0 Å². The van der Waals surface area contributed by atoms with E-state index in [1.165, 1.54) is 19.3 Å². The molecule has 4 heteroatoms. The molecule has 0 spiro atoms. The van der Waals surface area contributed by atoms with Gasteiger partial charge in [-0.1, -0.05) is 20.8 Å². The summed E-state index contributed by atoms with van der Waals surface area (Å²) in [5.41, 5.74) is 0.562. The van der Waals surface area contributed by atoms with E-state index in [2.05, 4.69) is 46.4 Å². The van der Waals surface area contributed by atoms with Crippen LogP contribution in [0.3, 0.4) is 0 Å². The number of hydrogen-bond donors (Lipinski definition) is 0. The molecule has 3 aliphatic heterocycles. The Balaban J connectivity index is 1.45. The first kappa shape index (κ1) is 20.1. The Labute approximate surface area is 166 Å². The van der Waals surface area contributed by atoms with Crippen LogP contribution in [-0.2, 0) is 14.2 Å². The number of nitrogens with zero attached hydrogens (tertiary/aromatic N) is 1. The summed E-state index contributed by atoms with van der Waals surface area (Å²) in [7, 11) is 0. The zero-order valence-corrected chi connectivity index (χ0v) is 18.4. The molecule has 1 saturated carbocycles. The van der Waals surface area contributed by atoms with Crippen LogP contribution in [0.4, 0.5) is 0 Å². The summed E-state index contributed by atoms with van der Waals surface area (Å²) in [5.74, 6) is 3.20. The molecular weight excluding hydrogens is 338 g/mol. The molecule has 4 aliphatic rings. The second kappa shape index (κ2) is 7.27. The van der Waals surface area contributed by atoms with Crippen molar-refractivity contribution in [2.75, 3.05) is 32.9 Å². The van der Waals surface area contributed by atoms with Crippen molar-refractivity contribution in [2.24, 2.45) is 35.0 Å². The minimum Gasteiger partial charge on any atom is -0.381 e. The van der Waals surface area contributed by atoms with Crippen LogP contribution in [0.25, 0.3) is 0 Å². The number of piperidine rings is 1. The average molecular weight is 380 g/mol. The van der Waals surface area contributed by atoms with Crippen LogP contribution in [0.15, 0.2) is 0 Å². The SMILES string of the molecule is CC(C)(C)C1CCC2COC(OC3CN(C(C)(C)C)CC4COCC43)C2C1. The fraction of sp³-hybridized carbons (Fsp3) is 1.00. The largest absolute Gasteiger partial charge is 0.381 e. The summed E-state index contributed by atoms with van der Waals surface area (Å²) in [4.78, 5) is 2.60. The van der Waals surface area contributed by atoms with Crippen molar-refractivity contribution in [3.63, 3.8) is 0 Å². The molecule has 4 nitrogen and oxygen atoms in total. The Morgan fingerprint density at radius 1 is 0.852 bits per heavy atom. The standard InChI is InChI=1S/C23H41NO3/c1-22(2,3)17-8-7-15-13-26-21(18(15)9-17)27-20-11-24(23(4,5)6)10-16-12-25-14-19(16)20/h15-21H,7-14H2,1-6H3. The van der Waals surface area contributed by atoms with Crippen molar-refractivity contribution < 1.29 is 14.2 Å². The first-order valence-corrected chi connectivity index (χ1v) is 11.2. The summed E-state index contributed by atoms with van der Waals surface area (Å²) in [6, 6.07) is 0. The number of rotatable bonds is 2. The lowest BCUT2D eigenvalue weighted by Gasteiger charge is -2.47. The Morgan fingerprint density at radius 3 is 2.33 bits per heavy atom. The molecule has 0 aromatic heterocycles. The normalized spacial score (nSPS) is 43.6. The summed E-state index contributed by atoms with van der Waals surface area (Å²) >= 11 is 0. The molecule has 3 heterocycles. The van der Waals surface area contributed by atoms with E-state index in [0.717, 1.165) is 38.8 Å². The fourth-order valence-electron chi connectivity index (χ4n) is 5.87. The molecule has 7 unspecified atom stereocenters. The van der Waals surface area contributed by atoms with Crippen LogP contribution >= 0.6 is 0 Å². The van der Waals surface area contributed by atoms with E-state index in [0.29, 0.717) is 29.1 Å². The quantitative estimate of drug-likeness (QED) is 0.720. The van der Waals surface area contributed by atoms with Gasteiger partial charge >= 0.3 is 0 Å². The first-order valence-electron chi connectivity index (χ1n) is 11.2. The Hall–Kier alpha value is -0.160. The maximum atomic E-state index is 6.78. The molecule has 0 bridgehead atoms. The van der Waals surface area contributed by atoms with Gasteiger partial charge in [-0.2, -0.15) is 0 Å². The summed E-state index contributed by atoms with van der Waals surface area (Å²) in [6.45, 7) is 18.9. The van der Waals surface area contributed by atoms with Gasteiger partial charge in [-0.3, -0.25) is 4.90 Å². The van der Waals surface area contributed by atoms with Crippen molar-refractivity contribution in [2.45, 2.75) is 78.7 Å². The lowest BCUT2D eigenvalue weighted by molar-refractivity contribution is -0.198. The topological polar surface area (TPSA) is 30.9 Å². The number of likely N-dealkylation sites (tertiary alicyclic amines) is 1. The van der Waals surface area contributed by atoms with Gasteiger partial charge in [0, 0.05) is 36.4 Å². The second-order valence-corrected chi connectivity index (χ2v) is 11.7. The van der Waals surface area contributed by atoms with Gasteiger partial charge in [0.2, 0.25) is 0 Å². The molecule has 0 aromatic rings. The highest BCUT2D eigenvalue weighted by molar-refractivity contribution is 4.96. The van der Waals surface area contributed by atoms with Gasteiger partial charge in [-0.05, 0) is 57.3 Å². The molecule has 3 saturated heterocycles. The van der Waals surface area contributed by atoms with Gasteiger partial charge in [-0.15, -0.1) is 0 Å². The van der Waals surface area contributed by atoms with E-state index in [1.54, 1.807) is 0 Å². The van der Waals surface area contributed by atoms with E-state index < -0.39 is 0 Å². The average Bonchev–Trinajstić information content (AvgIpc) is 3.19. The maximum Gasteiger partial charge on any atom is 0.161 e. The predicted molar refractivity (Wildman–Crippen MR) is 108 cm³/mol. The number of ether oxygens (including phenoxy) is 3. The van der Waals surface area contributed by atoms with Gasteiger partial charge in [0.05, 0.1) is 25.9 Å². The van der Waals surface area contributed by atoms with Crippen molar-refractivity contribution >= 4 is 0 Å². The van der Waals surface area contributed by atoms with Gasteiger partial charge in [0.25, 0.3) is 0 Å². The Morgan fingerprint density at radius 2 is 1.63 bits per heavy atom. The number of hydrogen-bond acceptors (Lipinski definition) is 4. The molecule has 1 aliphatic carbocycles. The molecular formula is C23H41NO3. The summed E-state index contributed by atoms with van der Waals surface area (Å²) in [5, 5.41) is 0. The minimum atomic E-state index is -0.00804. The highest BCUT2D eigenvalue weighted by atomic mass is 16.7. The van der Waals surface area contributed by atoms with Gasteiger partial charge in [0.15, 0.2) is 6.29 Å². The van der Waals surface area contributed by atoms with Crippen molar-refractivity contribution in [3.8, 4) is 0 Å². The molecule has 27 heavy (non-hydrogen) atoms. The molecule has 0 amide bonds. The van der Waals surface area contributed by atoms with Crippen LogP contribution in [0.2, 0.25) is 0 Å². The monoisotopic (exact) mass is 379 g/mol. The predicted octanol–water partition coefficient (Wildman–Crippen LogP) is 4.18. The van der Waals surface area contributed by atoms with Crippen LogP contribution in [0.1, 0.15) is 60.8 Å². The zero-order valence-electron chi connectivity index (χ0n) is 18.4. The molecule has 4 rings (SSSR count). The van der Waals surface area contributed by atoms with Gasteiger partial charge < -0.3 is 14.2 Å². The number of fused-ring (bicyclic) bond motifs is 2. The molecule has 7 atom stereocenters. The van der Waals surface area contributed by atoms with E-state index in [9.17, 15) is 0 Å². The highest BCUT2D eigenvalue weighted by Crippen LogP contribution is 2.48. The molecule has 4 fully saturated rings. The smallest absolute Gasteiger partial charge is 0.161 e. The first-order chi connectivity index (χ1) is 12.6.